The predicted molar refractivity (Wildman–Crippen MR) is 94.8 cm³/mol. The highest BCUT2D eigenvalue weighted by molar-refractivity contribution is 6.37. The van der Waals surface area contributed by atoms with Crippen molar-refractivity contribution in [1.82, 2.24) is 9.88 Å². The summed E-state index contributed by atoms with van der Waals surface area (Å²) in [6.45, 7) is 5.38. The molecule has 0 bridgehead atoms. The number of aromatic nitrogens is 1. The number of ether oxygens (including phenoxy) is 1. The Kier molecular flexibility index (Phi) is 5.60. The smallest absolute Gasteiger partial charge is 0.156 e. The summed E-state index contributed by atoms with van der Waals surface area (Å²) in [6, 6.07) is 11.4. The van der Waals surface area contributed by atoms with Gasteiger partial charge in [0.25, 0.3) is 0 Å². The van der Waals surface area contributed by atoms with Crippen LogP contribution in [0.5, 0.6) is 5.75 Å². The molecule has 2 heterocycles. The van der Waals surface area contributed by atoms with E-state index in [1.165, 1.54) is 0 Å². The molecule has 0 saturated carbocycles. The lowest BCUT2D eigenvalue weighted by Gasteiger charge is -2.35. The van der Waals surface area contributed by atoms with Crippen molar-refractivity contribution in [1.29, 1.82) is 0 Å². The maximum Gasteiger partial charge on any atom is 0.156 e. The molecule has 1 aliphatic heterocycles. The highest BCUT2D eigenvalue weighted by Crippen LogP contribution is 2.32. The van der Waals surface area contributed by atoms with Crippen LogP contribution in [-0.4, -0.2) is 49.2 Å². The Morgan fingerprint density at radius 2 is 1.70 bits per heavy atom. The van der Waals surface area contributed by atoms with E-state index in [1.54, 1.807) is 12.1 Å². The molecule has 1 aromatic heterocycles. The maximum atomic E-state index is 6.10. The first-order chi connectivity index (χ1) is 11.2. The molecule has 1 aromatic carbocycles. The zero-order valence-corrected chi connectivity index (χ0v) is 14.3. The Balaban J connectivity index is 1.45. The third kappa shape index (κ3) is 4.28. The van der Waals surface area contributed by atoms with Crippen molar-refractivity contribution in [2.75, 3.05) is 44.2 Å². The van der Waals surface area contributed by atoms with Crippen molar-refractivity contribution < 1.29 is 4.74 Å². The van der Waals surface area contributed by atoms with E-state index in [1.807, 2.05) is 24.4 Å². The molecule has 1 saturated heterocycles. The topological polar surface area (TPSA) is 28.6 Å². The second-order valence-electron chi connectivity index (χ2n) is 5.42. The normalized spacial score (nSPS) is 15.7. The van der Waals surface area contributed by atoms with Crippen molar-refractivity contribution in [2.24, 2.45) is 0 Å². The molecule has 6 heteroatoms. The van der Waals surface area contributed by atoms with E-state index in [0.29, 0.717) is 22.4 Å². The number of anilines is 1. The van der Waals surface area contributed by atoms with Gasteiger partial charge in [0.2, 0.25) is 0 Å². The Morgan fingerprint density at radius 3 is 2.35 bits per heavy atom. The lowest BCUT2D eigenvalue weighted by atomic mass is 10.3. The van der Waals surface area contributed by atoms with Crippen LogP contribution in [0.15, 0.2) is 42.6 Å². The van der Waals surface area contributed by atoms with Gasteiger partial charge in [-0.3, -0.25) is 4.90 Å². The van der Waals surface area contributed by atoms with Crippen LogP contribution in [0.3, 0.4) is 0 Å². The van der Waals surface area contributed by atoms with E-state index < -0.39 is 0 Å². The first-order valence-electron chi connectivity index (χ1n) is 7.69. The van der Waals surface area contributed by atoms with Gasteiger partial charge in [-0.25, -0.2) is 4.98 Å². The number of pyridine rings is 1. The van der Waals surface area contributed by atoms with Gasteiger partial charge in [-0.2, -0.15) is 0 Å². The number of hydrogen-bond donors (Lipinski definition) is 0. The summed E-state index contributed by atoms with van der Waals surface area (Å²) < 4.78 is 5.75. The quantitative estimate of drug-likeness (QED) is 0.822. The van der Waals surface area contributed by atoms with Crippen LogP contribution in [0.25, 0.3) is 0 Å². The van der Waals surface area contributed by atoms with Crippen molar-refractivity contribution in [3.8, 4) is 5.75 Å². The summed E-state index contributed by atoms with van der Waals surface area (Å²) in [5.74, 6) is 1.62. The van der Waals surface area contributed by atoms with Crippen LogP contribution >= 0.6 is 23.2 Å². The third-order valence-electron chi connectivity index (χ3n) is 3.92. The lowest BCUT2D eigenvalue weighted by molar-refractivity contribution is 0.200. The number of nitrogens with zero attached hydrogens (tertiary/aromatic N) is 3. The van der Waals surface area contributed by atoms with E-state index in [-0.39, 0.29) is 0 Å². The zero-order chi connectivity index (χ0) is 16.1. The van der Waals surface area contributed by atoms with Crippen molar-refractivity contribution in [3.63, 3.8) is 0 Å². The predicted octanol–water partition coefficient (Wildman–Crippen LogP) is 3.59. The number of para-hydroxylation sites is 1. The summed E-state index contributed by atoms with van der Waals surface area (Å²) in [5, 5.41) is 1.11. The molecule has 0 amide bonds. The Labute approximate surface area is 146 Å². The van der Waals surface area contributed by atoms with E-state index in [0.717, 1.165) is 38.5 Å². The Morgan fingerprint density at radius 1 is 0.957 bits per heavy atom. The summed E-state index contributed by atoms with van der Waals surface area (Å²) in [7, 11) is 0. The van der Waals surface area contributed by atoms with Gasteiger partial charge in [-0.1, -0.05) is 35.3 Å². The average molecular weight is 352 g/mol. The van der Waals surface area contributed by atoms with Gasteiger partial charge in [0.15, 0.2) is 5.75 Å². The largest absolute Gasteiger partial charge is 0.489 e. The molecule has 0 spiro atoms. The van der Waals surface area contributed by atoms with E-state index in [4.69, 9.17) is 27.9 Å². The minimum absolute atomic E-state index is 0.553. The van der Waals surface area contributed by atoms with Gasteiger partial charge in [0.1, 0.15) is 12.4 Å². The second kappa shape index (κ2) is 7.86. The first-order valence-corrected chi connectivity index (χ1v) is 8.45. The average Bonchev–Trinajstić information content (AvgIpc) is 2.59. The standard InChI is InChI=1S/C17H19Cl2N3O/c18-14-4-3-5-15(19)17(14)23-13-12-21-8-10-22(11-9-21)16-6-1-2-7-20-16/h1-7H,8-13H2. The monoisotopic (exact) mass is 351 g/mol. The minimum atomic E-state index is 0.553. The number of piperazine rings is 1. The Bertz CT molecular complexity index is 611. The van der Waals surface area contributed by atoms with Gasteiger partial charge in [0, 0.05) is 38.9 Å². The van der Waals surface area contributed by atoms with Gasteiger partial charge in [-0.05, 0) is 24.3 Å². The van der Waals surface area contributed by atoms with Crippen LogP contribution < -0.4 is 9.64 Å². The first kappa shape index (κ1) is 16.4. The summed E-state index contributed by atoms with van der Waals surface area (Å²) in [6.07, 6.45) is 1.84. The number of rotatable bonds is 5. The van der Waals surface area contributed by atoms with Crippen molar-refractivity contribution in [3.05, 3.63) is 52.6 Å². The molecule has 0 atom stereocenters. The summed E-state index contributed by atoms with van der Waals surface area (Å²) >= 11 is 12.2. The molecule has 1 aliphatic rings. The molecule has 3 rings (SSSR count). The van der Waals surface area contributed by atoms with Crippen molar-refractivity contribution >= 4 is 29.0 Å². The van der Waals surface area contributed by atoms with Crippen LogP contribution in [0.4, 0.5) is 5.82 Å². The molecule has 0 unspecified atom stereocenters. The SMILES string of the molecule is Clc1cccc(Cl)c1OCCN1CCN(c2ccccn2)CC1. The second-order valence-corrected chi connectivity index (χ2v) is 6.23. The van der Waals surface area contributed by atoms with Gasteiger partial charge < -0.3 is 9.64 Å². The Hall–Kier alpha value is -1.49. The van der Waals surface area contributed by atoms with E-state index >= 15 is 0 Å². The molecule has 2 aromatic rings. The molecule has 0 radical (unpaired) electrons. The fraction of sp³-hybridized carbons (Fsp3) is 0.353. The highest BCUT2D eigenvalue weighted by atomic mass is 35.5. The van der Waals surface area contributed by atoms with E-state index in [2.05, 4.69) is 20.9 Å². The summed E-state index contributed by atoms with van der Waals surface area (Å²) in [5.41, 5.74) is 0. The van der Waals surface area contributed by atoms with Crippen LogP contribution in [0.2, 0.25) is 10.0 Å². The molecule has 1 fully saturated rings. The van der Waals surface area contributed by atoms with E-state index in [9.17, 15) is 0 Å². The molecular formula is C17H19Cl2N3O. The van der Waals surface area contributed by atoms with Crippen LogP contribution in [0.1, 0.15) is 0 Å². The molecule has 122 valence electrons. The lowest BCUT2D eigenvalue weighted by Crippen LogP contribution is -2.47. The number of halogens is 2. The zero-order valence-electron chi connectivity index (χ0n) is 12.8. The fourth-order valence-corrected chi connectivity index (χ4v) is 3.15. The fourth-order valence-electron chi connectivity index (χ4n) is 2.64. The summed E-state index contributed by atoms with van der Waals surface area (Å²) in [4.78, 5) is 9.09. The van der Waals surface area contributed by atoms with Crippen LogP contribution in [0, 0.1) is 0 Å². The highest BCUT2D eigenvalue weighted by Gasteiger charge is 2.17. The van der Waals surface area contributed by atoms with Gasteiger partial charge >= 0.3 is 0 Å². The third-order valence-corrected chi connectivity index (χ3v) is 4.51. The maximum absolute atomic E-state index is 6.10. The number of hydrogen-bond acceptors (Lipinski definition) is 4. The molecular weight excluding hydrogens is 333 g/mol. The number of benzene rings is 1. The molecule has 23 heavy (non-hydrogen) atoms. The van der Waals surface area contributed by atoms with Gasteiger partial charge in [0.05, 0.1) is 10.0 Å². The molecule has 0 N–H and O–H groups in total. The van der Waals surface area contributed by atoms with Gasteiger partial charge in [-0.15, -0.1) is 0 Å². The van der Waals surface area contributed by atoms with Crippen molar-refractivity contribution in [2.45, 2.75) is 0 Å². The minimum Gasteiger partial charge on any atom is -0.489 e. The molecule has 0 aliphatic carbocycles. The van der Waals surface area contributed by atoms with Crippen LogP contribution in [-0.2, 0) is 0 Å². The molecule has 4 nitrogen and oxygen atoms in total.